The van der Waals surface area contributed by atoms with Crippen molar-refractivity contribution in [2.45, 2.75) is 13.3 Å². The molecule has 1 N–H and O–H groups in total. The number of Topliss-reactive ketones (excluding diaryl/α,β-unsaturated/α-hetero) is 1. The lowest BCUT2D eigenvalue weighted by molar-refractivity contribution is 0.0954. The predicted octanol–water partition coefficient (Wildman–Crippen LogP) is 2.93. The maximum atomic E-state index is 12.7. The third kappa shape index (κ3) is 2.18. The first kappa shape index (κ1) is 13.4. The summed E-state index contributed by atoms with van der Waals surface area (Å²) in [6.45, 7) is 2.09. The summed E-state index contributed by atoms with van der Waals surface area (Å²) in [5.41, 5.74) is 2.09. The summed E-state index contributed by atoms with van der Waals surface area (Å²) in [4.78, 5) is 26.2. The predicted molar refractivity (Wildman–Crippen MR) is 79.9 cm³/mol. The number of para-hydroxylation sites is 2. The molecule has 3 rings (SSSR count). The van der Waals surface area contributed by atoms with Gasteiger partial charge in [-0.2, -0.15) is 0 Å². The standard InChI is InChI=1S/C17H15NO3/c1-11-5-4-7-13(16(11)20)17(21)18-10-9-15(19)12-6-2-3-8-14(12)18/h2-8,20H,9-10H2,1H3. The number of benzene rings is 2. The maximum Gasteiger partial charge on any atom is 0.262 e. The number of aryl methyl sites for hydroxylation is 1. The smallest absolute Gasteiger partial charge is 0.262 e. The van der Waals surface area contributed by atoms with E-state index >= 15 is 0 Å². The van der Waals surface area contributed by atoms with Crippen LogP contribution >= 0.6 is 0 Å². The van der Waals surface area contributed by atoms with Crippen LogP contribution < -0.4 is 4.90 Å². The van der Waals surface area contributed by atoms with Gasteiger partial charge in [0.2, 0.25) is 0 Å². The summed E-state index contributed by atoms with van der Waals surface area (Å²) in [6.07, 6.45) is 0.301. The highest BCUT2D eigenvalue weighted by atomic mass is 16.3. The van der Waals surface area contributed by atoms with Gasteiger partial charge in [0.15, 0.2) is 5.78 Å². The molecule has 0 aliphatic carbocycles. The van der Waals surface area contributed by atoms with Crippen LogP contribution in [0.5, 0.6) is 5.75 Å². The van der Waals surface area contributed by atoms with E-state index in [2.05, 4.69) is 0 Å². The van der Waals surface area contributed by atoms with Crippen LogP contribution in [0.25, 0.3) is 0 Å². The minimum absolute atomic E-state index is 0.00289. The Bertz CT molecular complexity index is 737. The van der Waals surface area contributed by atoms with Crippen LogP contribution in [-0.4, -0.2) is 23.3 Å². The van der Waals surface area contributed by atoms with E-state index in [1.54, 1.807) is 54.3 Å². The number of hydrogen-bond donors (Lipinski definition) is 1. The van der Waals surface area contributed by atoms with Crippen molar-refractivity contribution in [3.63, 3.8) is 0 Å². The maximum absolute atomic E-state index is 12.7. The lowest BCUT2D eigenvalue weighted by Gasteiger charge is -2.29. The molecule has 1 amide bonds. The largest absolute Gasteiger partial charge is 0.507 e. The first-order valence-corrected chi connectivity index (χ1v) is 6.82. The number of carbonyl (C=O) groups excluding carboxylic acids is 2. The molecule has 1 aliphatic rings. The number of carbonyl (C=O) groups is 2. The van der Waals surface area contributed by atoms with Crippen molar-refractivity contribution in [2.24, 2.45) is 0 Å². The zero-order valence-corrected chi connectivity index (χ0v) is 11.7. The van der Waals surface area contributed by atoms with Crippen molar-refractivity contribution in [2.75, 3.05) is 11.4 Å². The van der Waals surface area contributed by atoms with Gasteiger partial charge in [-0.1, -0.05) is 24.3 Å². The second kappa shape index (κ2) is 5.05. The van der Waals surface area contributed by atoms with Crippen molar-refractivity contribution in [3.05, 3.63) is 59.2 Å². The van der Waals surface area contributed by atoms with Gasteiger partial charge in [0.05, 0.1) is 11.3 Å². The van der Waals surface area contributed by atoms with Crippen molar-refractivity contribution < 1.29 is 14.7 Å². The molecule has 106 valence electrons. The highest BCUT2D eigenvalue weighted by molar-refractivity contribution is 6.14. The van der Waals surface area contributed by atoms with Crippen LogP contribution in [0.15, 0.2) is 42.5 Å². The fourth-order valence-corrected chi connectivity index (χ4v) is 2.60. The van der Waals surface area contributed by atoms with Crippen molar-refractivity contribution in [3.8, 4) is 5.75 Å². The Hall–Kier alpha value is -2.62. The van der Waals surface area contributed by atoms with Gasteiger partial charge < -0.3 is 10.0 Å². The van der Waals surface area contributed by atoms with E-state index in [1.807, 2.05) is 0 Å². The Balaban J connectivity index is 2.05. The van der Waals surface area contributed by atoms with Gasteiger partial charge in [0, 0.05) is 18.5 Å². The molecule has 0 saturated heterocycles. The van der Waals surface area contributed by atoms with E-state index in [0.717, 1.165) is 0 Å². The second-order valence-electron chi connectivity index (χ2n) is 5.12. The molecular formula is C17H15NO3. The summed E-state index contributed by atoms with van der Waals surface area (Å²) in [5, 5.41) is 10.1. The highest BCUT2D eigenvalue weighted by Crippen LogP contribution is 2.30. The van der Waals surface area contributed by atoms with E-state index < -0.39 is 0 Å². The average molecular weight is 281 g/mol. The molecule has 21 heavy (non-hydrogen) atoms. The van der Waals surface area contributed by atoms with Crippen LogP contribution in [0.3, 0.4) is 0 Å². The molecular weight excluding hydrogens is 266 g/mol. The van der Waals surface area contributed by atoms with Gasteiger partial charge in [-0.3, -0.25) is 9.59 Å². The quantitative estimate of drug-likeness (QED) is 0.874. The van der Waals surface area contributed by atoms with Gasteiger partial charge in [-0.25, -0.2) is 0 Å². The number of aromatic hydroxyl groups is 1. The molecule has 0 fully saturated rings. The van der Waals surface area contributed by atoms with Crippen LogP contribution in [-0.2, 0) is 0 Å². The van der Waals surface area contributed by atoms with Gasteiger partial charge in [0.25, 0.3) is 5.91 Å². The van der Waals surface area contributed by atoms with Crippen LogP contribution in [0.2, 0.25) is 0 Å². The summed E-state index contributed by atoms with van der Waals surface area (Å²) < 4.78 is 0. The van der Waals surface area contributed by atoms with E-state index in [9.17, 15) is 14.7 Å². The number of fused-ring (bicyclic) bond motifs is 1. The molecule has 0 radical (unpaired) electrons. The fraction of sp³-hybridized carbons (Fsp3) is 0.176. The van der Waals surface area contributed by atoms with Crippen molar-refractivity contribution in [1.29, 1.82) is 0 Å². The van der Waals surface area contributed by atoms with Gasteiger partial charge >= 0.3 is 0 Å². The molecule has 0 bridgehead atoms. The SMILES string of the molecule is Cc1cccc(C(=O)N2CCC(=O)c3ccccc32)c1O. The summed E-state index contributed by atoms with van der Waals surface area (Å²) in [7, 11) is 0. The number of phenolic OH excluding ortho intramolecular Hbond substituents is 1. The molecule has 1 aliphatic heterocycles. The normalized spacial score (nSPS) is 14.0. The average Bonchev–Trinajstić information content (AvgIpc) is 2.50. The number of nitrogens with zero attached hydrogens (tertiary/aromatic N) is 1. The molecule has 1 heterocycles. The number of ketones is 1. The molecule has 0 spiro atoms. The molecule has 2 aromatic carbocycles. The van der Waals surface area contributed by atoms with Crippen LogP contribution in [0, 0.1) is 6.92 Å². The molecule has 0 saturated carbocycles. The second-order valence-corrected chi connectivity index (χ2v) is 5.12. The minimum atomic E-state index is -0.281. The number of amides is 1. The molecule has 0 unspecified atom stereocenters. The summed E-state index contributed by atoms with van der Waals surface area (Å²) >= 11 is 0. The molecule has 4 nitrogen and oxygen atoms in total. The number of hydrogen-bond acceptors (Lipinski definition) is 3. The molecule has 2 aromatic rings. The third-order valence-electron chi connectivity index (χ3n) is 3.77. The van der Waals surface area contributed by atoms with Crippen LogP contribution in [0.1, 0.15) is 32.7 Å². The first-order chi connectivity index (χ1) is 10.1. The van der Waals surface area contributed by atoms with Gasteiger partial charge in [-0.05, 0) is 30.7 Å². The topological polar surface area (TPSA) is 57.6 Å². The number of anilines is 1. The molecule has 0 atom stereocenters. The van der Waals surface area contributed by atoms with E-state index in [1.165, 1.54) is 0 Å². The van der Waals surface area contributed by atoms with Crippen molar-refractivity contribution >= 4 is 17.4 Å². The summed E-state index contributed by atoms with van der Waals surface area (Å²) in [6, 6.07) is 12.2. The zero-order chi connectivity index (χ0) is 15.0. The van der Waals surface area contributed by atoms with E-state index in [-0.39, 0.29) is 23.0 Å². The summed E-state index contributed by atoms with van der Waals surface area (Å²) in [5.74, 6) is -0.240. The Kier molecular flexibility index (Phi) is 3.22. The fourth-order valence-electron chi connectivity index (χ4n) is 2.60. The van der Waals surface area contributed by atoms with Crippen LogP contribution in [0.4, 0.5) is 5.69 Å². The Morgan fingerprint density at radius 1 is 1.14 bits per heavy atom. The highest BCUT2D eigenvalue weighted by Gasteiger charge is 2.28. The number of phenols is 1. The Labute approximate surface area is 122 Å². The lowest BCUT2D eigenvalue weighted by atomic mass is 9.99. The third-order valence-corrected chi connectivity index (χ3v) is 3.77. The minimum Gasteiger partial charge on any atom is -0.507 e. The number of rotatable bonds is 1. The van der Waals surface area contributed by atoms with Crippen molar-refractivity contribution in [1.82, 2.24) is 0 Å². The zero-order valence-electron chi connectivity index (χ0n) is 11.7. The lowest BCUT2D eigenvalue weighted by Crippen LogP contribution is -2.37. The Morgan fingerprint density at radius 2 is 1.90 bits per heavy atom. The first-order valence-electron chi connectivity index (χ1n) is 6.82. The van der Waals surface area contributed by atoms with E-state index in [4.69, 9.17) is 0 Å². The van der Waals surface area contributed by atoms with Gasteiger partial charge in [0.1, 0.15) is 5.75 Å². The molecule has 4 heteroatoms. The Morgan fingerprint density at radius 3 is 2.71 bits per heavy atom. The molecule has 0 aromatic heterocycles. The van der Waals surface area contributed by atoms with E-state index in [0.29, 0.717) is 29.8 Å². The monoisotopic (exact) mass is 281 g/mol. The van der Waals surface area contributed by atoms with Gasteiger partial charge in [-0.15, -0.1) is 0 Å².